The van der Waals surface area contributed by atoms with E-state index in [2.05, 4.69) is 4.98 Å². The SMILES string of the molecule is CC(C)OC(=O)CC(C)(C)CO[P@@]1(=O)OC[C@H]2O[C@@H](n3ccc(=O)[nH]c3=O)[C@](C)(N)[C@@H]2O1. The van der Waals surface area contributed by atoms with Crippen LogP contribution in [0.25, 0.3) is 0 Å². The molecule has 12 nitrogen and oxygen atoms in total. The molecule has 0 aliphatic carbocycles. The van der Waals surface area contributed by atoms with Gasteiger partial charge in [0.2, 0.25) is 0 Å². The van der Waals surface area contributed by atoms with Crippen molar-refractivity contribution in [2.24, 2.45) is 11.1 Å². The summed E-state index contributed by atoms with van der Waals surface area (Å²) in [6.07, 6.45) is -1.56. The fraction of sp³-hybridized carbons (Fsp3) is 0.737. The molecule has 2 saturated heterocycles. The standard InChI is InChI=1S/C19H30N3O9P/c1-11(2)29-14(24)8-18(3,4)10-28-32(26)27-9-12-15(31-32)19(5,20)16(30-12)22-7-6-13(23)21-17(22)25/h6-7,11-12,15-16H,8-10,20H2,1-5H3,(H,21,23,25)/t12-,15-,16-,19-,32-/m1/s1. The topological polar surface area (TPSA) is 161 Å². The summed E-state index contributed by atoms with van der Waals surface area (Å²) in [5, 5.41) is 0. The first-order valence-electron chi connectivity index (χ1n) is 10.3. The Morgan fingerprint density at radius 2 is 2.12 bits per heavy atom. The monoisotopic (exact) mass is 475 g/mol. The number of aromatic amines is 1. The number of fused-ring (bicyclic) bond motifs is 1. The van der Waals surface area contributed by atoms with Crippen LogP contribution in [0.1, 0.15) is 47.3 Å². The minimum absolute atomic E-state index is 0.0478. The van der Waals surface area contributed by atoms with Crippen LogP contribution in [-0.4, -0.2) is 52.6 Å². The van der Waals surface area contributed by atoms with Crippen LogP contribution in [0.4, 0.5) is 0 Å². The molecular weight excluding hydrogens is 445 g/mol. The third-order valence-corrected chi connectivity index (χ3v) is 6.53. The van der Waals surface area contributed by atoms with E-state index in [0.717, 1.165) is 4.57 Å². The van der Waals surface area contributed by atoms with Crippen molar-refractivity contribution in [3.8, 4) is 0 Å². The van der Waals surface area contributed by atoms with Crippen LogP contribution in [0.5, 0.6) is 0 Å². The van der Waals surface area contributed by atoms with Gasteiger partial charge in [-0.1, -0.05) is 13.8 Å². The number of phosphoric acid groups is 1. The molecular formula is C19H30N3O9P. The first-order chi connectivity index (χ1) is 14.7. The zero-order valence-corrected chi connectivity index (χ0v) is 19.6. The highest BCUT2D eigenvalue weighted by atomic mass is 31.2. The van der Waals surface area contributed by atoms with E-state index < -0.39 is 54.4 Å². The van der Waals surface area contributed by atoms with Gasteiger partial charge in [0.15, 0.2) is 6.23 Å². The number of carbonyl (C=O) groups is 1. The van der Waals surface area contributed by atoms with Crippen LogP contribution in [0.15, 0.2) is 21.9 Å². The number of phosphoric ester groups is 1. The van der Waals surface area contributed by atoms with Gasteiger partial charge >= 0.3 is 19.5 Å². The van der Waals surface area contributed by atoms with Crippen molar-refractivity contribution in [1.82, 2.24) is 9.55 Å². The van der Waals surface area contributed by atoms with Gasteiger partial charge in [0.1, 0.15) is 12.2 Å². The van der Waals surface area contributed by atoms with E-state index in [9.17, 15) is 18.9 Å². The molecule has 0 saturated carbocycles. The maximum atomic E-state index is 13.1. The lowest BCUT2D eigenvalue weighted by atomic mass is 9.91. The van der Waals surface area contributed by atoms with Gasteiger partial charge in [-0.05, 0) is 26.2 Å². The molecule has 32 heavy (non-hydrogen) atoms. The summed E-state index contributed by atoms with van der Waals surface area (Å²) in [5.41, 5.74) is 3.18. The summed E-state index contributed by atoms with van der Waals surface area (Å²) >= 11 is 0. The van der Waals surface area contributed by atoms with Gasteiger partial charge in [-0.15, -0.1) is 0 Å². The lowest BCUT2D eigenvalue weighted by molar-refractivity contribution is -0.150. The van der Waals surface area contributed by atoms with Gasteiger partial charge in [0.25, 0.3) is 5.56 Å². The molecule has 2 fully saturated rings. The van der Waals surface area contributed by atoms with Crippen LogP contribution in [0.2, 0.25) is 0 Å². The largest absolute Gasteiger partial charge is 0.475 e. The molecule has 2 aliphatic rings. The van der Waals surface area contributed by atoms with Gasteiger partial charge in [-0.2, -0.15) is 0 Å². The van der Waals surface area contributed by atoms with Crippen LogP contribution in [-0.2, 0) is 32.4 Å². The molecule has 3 rings (SSSR count). The average molecular weight is 475 g/mol. The molecule has 1 aromatic heterocycles. The molecule has 0 amide bonds. The van der Waals surface area contributed by atoms with Crippen molar-refractivity contribution in [2.45, 2.75) is 71.1 Å². The molecule has 2 aliphatic heterocycles. The Labute approximate surface area is 184 Å². The molecule has 0 aromatic carbocycles. The highest BCUT2D eigenvalue weighted by Crippen LogP contribution is 2.58. The van der Waals surface area contributed by atoms with Gasteiger partial charge in [-0.25, -0.2) is 9.36 Å². The van der Waals surface area contributed by atoms with Gasteiger partial charge in [0, 0.05) is 12.3 Å². The summed E-state index contributed by atoms with van der Waals surface area (Å²) in [6.45, 7) is 8.37. The highest BCUT2D eigenvalue weighted by molar-refractivity contribution is 7.48. The lowest BCUT2D eigenvalue weighted by Gasteiger charge is -2.36. The maximum Gasteiger partial charge on any atom is 0.475 e. The fourth-order valence-electron chi connectivity index (χ4n) is 3.61. The Morgan fingerprint density at radius 1 is 1.44 bits per heavy atom. The van der Waals surface area contributed by atoms with E-state index in [1.807, 2.05) is 0 Å². The smallest absolute Gasteiger partial charge is 0.463 e. The molecule has 0 spiro atoms. The van der Waals surface area contributed by atoms with E-state index >= 15 is 0 Å². The third-order valence-electron chi connectivity index (χ3n) is 5.13. The molecule has 5 atom stereocenters. The summed E-state index contributed by atoms with van der Waals surface area (Å²) in [4.78, 5) is 37.7. The lowest BCUT2D eigenvalue weighted by Crippen LogP contribution is -2.55. The van der Waals surface area contributed by atoms with Crippen LogP contribution < -0.4 is 17.0 Å². The minimum atomic E-state index is -4.03. The number of nitrogens with one attached hydrogen (secondary N) is 1. The molecule has 3 heterocycles. The molecule has 3 N–H and O–H groups in total. The molecule has 0 radical (unpaired) electrons. The summed E-state index contributed by atoms with van der Waals surface area (Å²) < 4.78 is 41.7. The first-order valence-corrected chi connectivity index (χ1v) is 11.7. The Balaban J connectivity index is 1.69. The number of aromatic nitrogens is 2. The summed E-state index contributed by atoms with van der Waals surface area (Å²) in [7, 11) is -4.03. The molecule has 0 unspecified atom stereocenters. The number of rotatable bonds is 7. The predicted octanol–water partition coefficient (Wildman–Crippen LogP) is 1.06. The van der Waals surface area contributed by atoms with E-state index in [1.165, 1.54) is 12.3 Å². The van der Waals surface area contributed by atoms with E-state index in [-0.39, 0.29) is 25.7 Å². The van der Waals surface area contributed by atoms with Crippen molar-refractivity contribution >= 4 is 13.8 Å². The Bertz CT molecular complexity index is 1020. The number of ether oxygens (including phenoxy) is 2. The zero-order chi connectivity index (χ0) is 23.9. The summed E-state index contributed by atoms with van der Waals surface area (Å²) in [5.74, 6) is -0.398. The predicted molar refractivity (Wildman–Crippen MR) is 112 cm³/mol. The van der Waals surface area contributed by atoms with Crippen molar-refractivity contribution in [1.29, 1.82) is 0 Å². The Morgan fingerprint density at radius 3 is 2.75 bits per heavy atom. The highest BCUT2D eigenvalue weighted by Gasteiger charge is 2.59. The van der Waals surface area contributed by atoms with E-state index in [0.29, 0.717) is 0 Å². The van der Waals surface area contributed by atoms with Crippen molar-refractivity contribution in [3.63, 3.8) is 0 Å². The maximum absolute atomic E-state index is 13.1. The second-order valence-corrected chi connectivity index (χ2v) is 11.0. The number of hydrogen-bond donors (Lipinski definition) is 2. The number of esters is 1. The van der Waals surface area contributed by atoms with Gasteiger partial charge in [-0.3, -0.25) is 32.7 Å². The van der Waals surface area contributed by atoms with Gasteiger partial charge in [0.05, 0.1) is 31.3 Å². The van der Waals surface area contributed by atoms with E-state index in [1.54, 1.807) is 34.6 Å². The quantitative estimate of drug-likeness (QED) is 0.431. The Hall–Kier alpha value is -1.82. The van der Waals surface area contributed by atoms with Crippen molar-refractivity contribution < 1.29 is 32.4 Å². The van der Waals surface area contributed by atoms with Crippen LogP contribution in [0, 0.1) is 5.41 Å². The average Bonchev–Trinajstić information content (AvgIpc) is 2.90. The number of carbonyl (C=O) groups excluding carboxylic acids is 1. The Kier molecular flexibility index (Phi) is 6.86. The molecule has 13 heteroatoms. The van der Waals surface area contributed by atoms with Crippen molar-refractivity contribution in [2.75, 3.05) is 13.2 Å². The fourth-order valence-corrected chi connectivity index (χ4v) is 5.29. The zero-order valence-electron chi connectivity index (χ0n) is 18.7. The number of nitrogens with two attached hydrogens (primary N) is 1. The van der Waals surface area contributed by atoms with E-state index in [4.69, 9.17) is 28.8 Å². The minimum Gasteiger partial charge on any atom is -0.463 e. The number of nitrogens with zero attached hydrogens (tertiary/aromatic N) is 1. The molecule has 180 valence electrons. The second kappa shape index (κ2) is 8.85. The second-order valence-electron chi connectivity index (χ2n) is 9.33. The molecule has 1 aromatic rings. The van der Waals surface area contributed by atoms with Crippen molar-refractivity contribution in [3.05, 3.63) is 33.1 Å². The normalized spacial score (nSPS) is 32.7. The first kappa shape index (κ1) is 24.8. The third kappa shape index (κ3) is 5.38. The number of H-pyrrole nitrogens is 1. The molecule has 0 bridgehead atoms. The summed E-state index contributed by atoms with van der Waals surface area (Å²) in [6, 6.07) is 1.17. The van der Waals surface area contributed by atoms with Crippen LogP contribution in [0.3, 0.4) is 0 Å². The van der Waals surface area contributed by atoms with Gasteiger partial charge < -0.3 is 15.2 Å². The number of hydrogen-bond acceptors (Lipinski definition) is 10. The van der Waals surface area contributed by atoms with Crippen LogP contribution >= 0.6 is 7.82 Å².